The van der Waals surface area contributed by atoms with E-state index in [-0.39, 0.29) is 12.6 Å². The van der Waals surface area contributed by atoms with Crippen molar-refractivity contribution >= 4 is 21.9 Å². The van der Waals surface area contributed by atoms with Gasteiger partial charge in [0.1, 0.15) is 6.61 Å². The lowest BCUT2D eigenvalue weighted by molar-refractivity contribution is -0.303. The summed E-state index contributed by atoms with van der Waals surface area (Å²) >= 11 is 3.25. The van der Waals surface area contributed by atoms with Gasteiger partial charge in [-0.2, -0.15) is 0 Å². The second-order valence-electron chi connectivity index (χ2n) is 8.41. The molecule has 0 aliphatic carbocycles. The molecule has 1 atom stereocenters. The first-order valence-corrected chi connectivity index (χ1v) is 13.9. The Hall–Kier alpha value is -0.170. The smallest absolute Gasteiger partial charge is 0.303 e. The summed E-state index contributed by atoms with van der Waals surface area (Å²) in [5.41, 5.74) is 0. The van der Waals surface area contributed by atoms with Crippen molar-refractivity contribution in [2.45, 2.75) is 123 Å². The van der Waals surface area contributed by atoms with Gasteiger partial charge in [0.05, 0.1) is 13.2 Å². The van der Waals surface area contributed by atoms with Crippen LogP contribution in [-0.2, 0) is 24.0 Å². The minimum absolute atomic E-state index is 0.186. The van der Waals surface area contributed by atoms with Crippen LogP contribution in [0.15, 0.2) is 0 Å². The van der Waals surface area contributed by atoms with Crippen molar-refractivity contribution in [3.63, 3.8) is 0 Å². The van der Waals surface area contributed by atoms with Crippen LogP contribution in [-0.4, -0.2) is 43.8 Å². The van der Waals surface area contributed by atoms with Crippen molar-refractivity contribution in [1.29, 1.82) is 0 Å². The number of rotatable bonds is 25. The van der Waals surface area contributed by atoms with Crippen molar-refractivity contribution in [3.8, 4) is 0 Å². The molecule has 0 aromatic rings. The molecule has 0 aliphatic rings. The van der Waals surface area contributed by atoms with Gasteiger partial charge in [-0.15, -0.1) is 0 Å². The van der Waals surface area contributed by atoms with Gasteiger partial charge in [-0.1, -0.05) is 119 Å². The number of ether oxygens (including phenoxy) is 2. The summed E-state index contributed by atoms with van der Waals surface area (Å²) in [4.78, 5) is 21.1. The predicted molar refractivity (Wildman–Crippen MR) is 132 cm³/mol. The first-order chi connectivity index (χ1) is 15.2. The zero-order valence-corrected chi connectivity index (χ0v) is 21.9. The van der Waals surface area contributed by atoms with Gasteiger partial charge in [-0.3, -0.25) is 4.79 Å². The largest absolute Gasteiger partial charge is 0.457 e. The number of esters is 1. The maximum absolute atomic E-state index is 11.2. The highest BCUT2D eigenvalue weighted by molar-refractivity contribution is 9.09. The van der Waals surface area contributed by atoms with Gasteiger partial charge >= 0.3 is 5.97 Å². The van der Waals surface area contributed by atoms with Crippen molar-refractivity contribution in [2.75, 3.05) is 31.8 Å². The second-order valence-corrected chi connectivity index (χ2v) is 9.20. The van der Waals surface area contributed by atoms with Crippen molar-refractivity contribution in [1.82, 2.24) is 0 Å². The van der Waals surface area contributed by atoms with E-state index in [0.717, 1.165) is 6.42 Å². The molecule has 186 valence electrons. The van der Waals surface area contributed by atoms with Crippen LogP contribution in [0.2, 0.25) is 0 Å². The molecule has 0 N–H and O–H groups in total. The van der Waals surface area contributed by atoms with Crippen molar-refractivity contribution in [3.05, 3.63) is 0 Å². The van der Waals surface area contributed by atoms with Gasteiger partial charge in [0.15, 0.2) is 6.10 Å². The fourth-order valence-electron chi connectivity index (χ4n) is 3.53. The van der Waals surface area contributed by atoms with E-state index < -0.39 is 6.10 Å². The second kappa shape index (κ2) is 26.1. The highest BCUT2D eigenvalue weighted by Crippen LogP contribution is 2.13. The summed E-state index contributed by atoms with van der Waals surface area (Å²) in [6.07, 6.45) is 21.3. The standard InChI is InChI=1S/C25H49BrO5/c1-3-4-5-6-7-8-9-10-11-12-13-14-15-16-17-18-20-28-22-25(31-24(2)27)23-30-29-21-19-26/h25H,3-23H2,1-2H3/t25-/m1/s1. The van der Waals surface area contributed by atoms with E-state index in [1.54, 1.807) is 0 Å². The van der Waals surface area contributed by atoms with E-state index in [1.165, 1.54) is 103 Å². The third-order valence-electron chi connectivity index (χ3n) is 5.28. The van der Waals surface area contributed by atoms with Crippen LogP contribution < -0.4 is 0 Å². The summed E-state index contributed by atoms with van der Waals surface area (Å²) in [6.45, 7) is 5.34. The van der Waals surface area contributed by atoms with E-state index in [2.05, 4.69) is 22.9 Å². The number of carbonyl (C=O) groups is 1. The summed E-state index contributed by atoms with van der Waals surface area (Å²) in [6, 6.07) is 0. The summed E-state index contributed by atoms with van der Waals surface area (Å²) in [5.74, 6) is -0.333. The van der Waals surface area contributed by atoms with E-state index in [4.69, 9.17) is 19.2 Å². The Labute approximate surface area is 200 Å². The summed E-state index contributed by atoms with van der Waals surface area (Å²) < 4.78 is 10.8. The van der Waals surface area contributed by atoms with Crippen LogP contribution >= 0.6 is 15.9 Å². The minimum atomic E-state index is -0.422. The van der Waals surface area contributed by atoms with Crippen LogP contribution in [0.4, 0.5) is 0 Å². The quantitative estimate of drug-likeness (QED) is 0.0418. The van der Waals surface area contributed by atoms with E-state index >= 15 is 0 Å². The number of hydrogen-bond acceptors (Lipinski definition) is 5. The number of unbranched alkanes of at least 4 members (excludes halogenated alkanes) is 15. The van der Waals surface area contributed by atoms with Gasteiger partial charge in [-0.25, -0.2) is 9.78 Å². The highest BCUT2D eigenvalue weighted by Gasteiger charge is 2.13. The Bertz CT molecular complexity index is 368. The fourth-order valence-corrected chi connectivity index (χ4v) is 3.66. The van der Waals surface area contributed by atoms with Crippen LogP contribution in [0, 0.1) is 0 Å². The van der Waals surface area contributed by atoms with Gasteiger partial charge in [-0.05, 0) is 6.42 Å². The molecule has 0 rings (SSSR count). The summed E-state index contributed by atoms with van der Waals surface area (Å²) in [5, 5.41) is 0.695. The predicted octanol–water partition coefficient (Wildman–Crippen LogP) is 7.54. The monoisotopic (exact) mass is 508 g/mol. The lowest BCUT2D eigenvalue weighted by Crippen LogP contribution is -2.28. The zero-order chi connectivity index (χ0) is 22.8. The molecule has 31 heavy (non-hydrogen) atoms. The average Bonchev–Trinajstić information content (AvgIpc) is 2.75. The first kappa shape index (κ1) is 30.8. The normalized spacial score (nSPS) is 12.2. The van der Waals surface area contributed by atoms with Crippen molar-refractivity contribution < 1.29 is 24.0 Å². The molecule has 0 aromatic carbocycles. The summed E-state index contributed by atoms with van der Waals surface area (Å²) in [7, 11) is 0. The Morgan fingerprint density at radius 3 is 1.61 bits per heavy atom. The third-order valence-corrected chi connectivity index (χ3v) is 5.60. The lowest BCUT2D eigenvalue weighted by atomic mass is 10.0. The molecule has 0 spiro atoms. The fraction of sp³-hybridized carbons (Fsp3) is 0.960. The Morgan fingerprint density at radius 2 is 1.16 bits per heavy atom. The average molecular weight is 510 g/mol. The molecule has 0 unspecified atom stereocenters. The molecule has 0 aliphatic heterocycles. The molecule has 0 bridgehead atoms. The molecule has 5 nitrogen and oxygen atoms in total. The Balaban J connectivity index is 3.34. The van der Waals surface area contributed by atoms with Gasteiger partial charge in [0, 0.05) is 18.9 Å². The Morgan fingerprint density at radius 1 is 0.677 bits per heavy atom. The molecule has 0 saturated carbocycles. The molecular weight excluding hydrogens is 460 g/mol. The number of halogens is 1. The van der Waals surface area contributed by atoms with E-state index in [1.807, 2.05) is 0 Å². The molecule has 0 aromatic heterocycles. The van der Waals surface area contributed by atoms with Gasteiger partial charge in [0.2, 0.25) is 0 Å². The number of carbonyl (C=O) groups excluding carboxylic acids is 1. The van der Waals surface area contributed by atoms with Gasteiger partial charge in [0.25, 0.3) is 0 Å². The minimum Gasteiger partial charge on any atom is -0.457 e. The van der Waals surface area contributed by atoms with E-state index in [0.29, 0.717) is 25.2 Å². The maximum atomic E-state index is 11.2. The van der Waals surface area contributed by atoms with Crippen LogP contribution in [0.1, 0.15) is 117 Å². The third kappa shape index (κ3) is 26.0. The lowest BCUT2D eigenvalue weighted by Gasteiger charge is -2.16. The van der Waals surface area contributed by atoms with Gasteiger partial charge < -0.3 is 9.47 Å². The van der Waals surface area contributed by atoms with E-state index in [9.17, 15) is 4.79 Å². The highest BCUT2D eigenvalue weighted by atomic mass is 79.9. The molecular formula is C25H49BrO5. The number of alkyl halides is 1. The Kier molecular flexibility index (Phi) is 25.9. The van der Waals surface area contributed by atoms with Crippen LogP contribution in [0.3, 0.4) is 0 Å². The molecule has 0 fully saturated rings. The topological polar surface area (TPSA) is 54.0 Å². The molecule has 0 amide bonds. The molecule has 6 heteroatoms. The number of hydrogen-bond donors (Lipinski definition) is 0. The zero-order valence-electron chi connectivity index (χ0n) is 20.3. The van der Waals surface area contributed by atoms with Crippen LogP contribution in [0.25, 0.3) is 0 Å². The molecule has 0 radical (unpaired) electrons. The molecule has 0 saturated heterocycles. The molecule has 0 heterocycles. The van der Waals surface area contributed by atoms with Crippen molar-refractivity contribution in [2.24, 2.45) is 0 Å². The first-order valence-electron chi connectivity index (χ1n) is 12.8. The SMILES string of the molecule is CCCCCCCCCCCCCCCCCCOC[C@H](COOCCBr)OC(C)=O. The van der Waals surface area contributed by atoms with Crippen LogP contribution in [0.5, 0.6) is 0 Å². The maximum Gasteiger partial charge on any atom is 0.303 e.